The highest BCUT2D eigenvalue weighted by atomic mass is 16.5. The fourth-order valence-electron chi connectivity index (χ4n) is 0.707. The summed E-state index contributed by atoms with van der Waals surface area (Å²) in [6, 6.07) is 0. The van der Waals surface area contributed by atoms with Gasteiger partial charge in [0.25, 0.3) is 0 Å². The Kier molecular flexibility index (Phi) is 6.76. The van der Waals surface area contributed by atoms with E-state index in [0.29, 0.717) is 25.5 Å². The molecule has 0 atom stereocenters. The van der Waals surface area contributed by atoms with E-state index in [0.717, 1.165) is 6.61 Å². The Hall–Kier alpha value is -0.570. The molecular formula is C9H19NO2. The molecule has 0 aliphatic carbocycles. The molecule has 3 heteroatoms. The average Bonchev–Trinajstić information content (AvgIpc) is 2.03. The normalized spacial score (nSPS) is 10.3. The van der Waals surface area contributed by atoms with Crippen LogP contribution >= 0.6 is 0 Å². The Bertz CT molecular complexity index is 124. The van der Waals surface area contributed by atoms with Crippen LogP contribution in [0, 0.1) is 5.92 Å². The minimum atomic E-state index is 0.0862. The van der Waals surface area contributed by atoms with Crippen molar-refractivity contribution in [3.63, 3.8) is 0 Å². The van der Waals surface area contributed by atoms with Gasteiger partial charge in [-0.25, -0.2) is 0 Å². The number of nitrogens with one attached hydrogen (secondary N) is 1. The number of rotatable bonds is 6. The Morgan fingerprint density at radius 3 is 2.67 bits per heavy atom. The monoisotopic (exact) mass is 173 g/mol. The van der Waals surface area contributed by atoms with E-state index in [9.17, 15) is 4.79 Å². The molecule has 0 aromatic carbocycles. The van der Waals surface area contributed by atoms with Crippen LogP contribution in [-0.2, 0) is 9.53 Å². The van der Waals surface area contributed by atoms with E-state index in [1.807, 2.05) is 6.92 Å². The zero-order valence-electron chi connectivity index (χ0n) is 8.22. The van der Waals surface area contributed by atoms with Crippen LogP contribution in [0.15, 0.2) is 0 Å². The van der Waals surface area contributed by atoms with E-state index in [1.54, 1.807) is 0 Å². The van der Waals surface area contributed by atoms with Crippen LogP contribution in [0.25, 0.3) is 0 Å². The van der Waals surface area contributed by atoms with Crippen molar-refractivity contribution in [2.24, 2.45) is 5.92 Å². The third kappa shape index (κ3) is 7.54. The maximum atomic E-state index is 10.7. The molecule has 0 aromatic heterocycles. The predicted octanol–water partition coefficient (Wildman–Crippen LogP) is 1.19. The Labute approximate surface area is 74.5 Å². The predicted molar refractivity (Wildman–Crippen MR) is 49.0 cm³/mol. The second kappa shape index (κ2) is 7.10. The van der Waals surface area contributed by atoms with Crippen molar-refractivity contribution in [2.75, 3.05) is 19.8 Å². The van der Waals surface area contributed by atoms with Gasteiger partial charge in [-0.05, 0) is 5.92 Å². The van der Waals surface area contributed by atoms with Crippen LogP contribution in [0.2, 0.25) is 0 Å². The fraction of sp³-hybridized carbons (Fsp3) is 0.889. The fourth-order valence-corrected chi connectivity index (χ4v) is 0.707. The summed E-state index contributed by atoms with van der Waals surface area (Å²) in [6.07, 6.45) is 0.546. The number of hydrogen-bond acceptors (Lipinski definition) is 2. The highest BCUT2D eigenvalue weighted by Gasteiger charge is 1.96. The van der Waals surface area contributed by atoms with Crippen LogP contribution in [-0.4, -0.2) is 25.7 Å². The smallest absolute Gasteiger partial charge is 0.219 e. The lowest BCUT2D eigenvalue weighted by Gasteiger charge is -2.06. The summed E-state index contributed by atoms with van der Waals surface area (Å²) in [6.45, 7) is 8.05. The van der Waals surface area contributed by atoms with Gasteiger partial charge >= 0.3 is 0 Å². The maximum Gasteiger partial charge on any atom is 0.219 e. The summed E-state index contributed by atoms with van der Waals surface area (Å²) >= 11 is 0. The summed E-state index contributed by atoms with van der Waals surface area (Å²) in [4.78, 5) is 10.7. The molecule has 1 N–H and O–H groups in total. The largest absolute Gasteiger partial charge is 0.379 e. The summed E-state index contributed by atoms with van der Waals surface area (Å²) < 4.78 is 5.28. The van der Waals surface area contributed by atoms with Crippen molar-refractivity contribution in [1.82, 2.24) is 5.32 Å². The Morgan fingerprint density at radius 2 is 2.17 bits per heavy atom. The lowest BCUT2D eigenvalue weighted by atomic mass is 10.2. The molecule has 0 radical (unpaired) electrons. The molecule has 1 amide bonds. The van der Waals surface area contributed by atoms with Crippen molar-refractivity contribution < 1.29 is 9.53 Å². The number of ether oxygens (including phenoxy) is 1. The molecule has 0 aromatic rings. The lowest BCUT2D eigenvalue weighted by Crippen LogP contribution is -2.26. The van der Waals surface area contributed by atoms with E-state index in [2.05, 4.69) is 19.2 Å². The molecule has 0 heterocycles. The zero-order valence-corrected chi connectivity index (χ0v) is 8.22. The molecule has 0 saturated carbocycles. The molecule has 0 rings (SSSR count). The van der Waals surface area contributed by atoms with E-state index in [-0.39, 0.29) is 5.91 Å². The minimum Gasteiger partial charge on any atom is -0.379 e. The zero-order chi connectivity index (χ0) is 9.40. The third-order valence-corrected chi connectivity index (χ3v) is 1.34. The number of carbonyl (C=O) groups is 1. The van der Waals surface area contributed by atoms with Gasteiger partial charge in [-0.1, -0.05) is 20.8 Å². The van der Waals surface area contributed by atoms with Crippen LogP contribution < -0.4 is 5.32 Å². The van der Waals surface area contributed by atoms with E-state index in [1.165, 1.54) is 0 Å². The molecule has 0 spiro atoms. The number of hydrogen-bond donors (Lipinski definition) is 1. The summed E-state index contributed by atoms with van der Waals surface area (Å²) in [5.41, 5.74) is 0. The molecule has 3 nitrogen and oxygen atoms in total. The maximum absolute atomic E-state index is 10.7. The SMILES string of the molecule is CCC(=O)NCCOCC(C)C. The first-order chi connectivity index (χ1) is 5.66. The molecule has 0 fully saturated rings. The highest BCUT2D eigenvalue weighted by Crippen LogP contribution is 1.90. The van der Waals surface area contributed by atoms with Crippen LogP contribution in [0.4, 0.5) is 0 Å². The van der Waals surface area contributed by atoms with Crippen molar-refractivity contribution in [2.45, 2.75) is 27.2 Å². The summed E-state index contributed by atoms with van der Waals surface area (Å²) in [5.74, 6) is 0.648. The Balaban J connectivity index is 3.05. The molecule has 0 bridgehead atoms. The number of amides is 1. The van der Waals surface area contributed by atoms with Gasteiger partial charge in [-0.2, -0.15) is 0 Å². The first-order valence-corrected chi connectivity index (χ1v) is 4.51. The van der Waals surface area contributed by atoms with Crippen LogP contribution in [0.3, 0.4) is 0 Å². The van der Waals surface area contributed by atoms with Crippen molar-refractivity contribution >= 4 is 5.91 Å². The van der Waals surface area contributed by atoms with E-state index < -0.39 is 0 Å². The van der Waals surface area contributed by atoms with Crippen molar-refractivity contribution in [3.8, 4) is 0 Å². The van der Waals surface area contributed by atoms with Gasteiger partial charge in [0, 0.05) is 19.6 Å². The summed E-state index contributed by atoms with van der Waals surface area (Å²) in [5, 5.41) is 2.74. The van der Waals surface area contributed by atoms with Gasteiger partial charge < -0.3 is 10.1 Å². The highest BCUT2D eigenvalue weighted by molar-refractivity contribution is 5.75. The first-order valence-electron chi connectivity index (χ1n) is 4.51. The average molecular weight is 173 g/mol. The van der Waals surface area contributed by atoms with Gasteiger partial charge in [0.05, 0.1) is 6.61 Å². The minimum absolute atomic E-state index is 0.0862. The molecule has 0 aliphatic rings. The van der Waals surface area contributed by atoms with Crippen molar-refractivity contribution in [3.05, 3.63) is 0 Å². The van der Waals surface area contributed by atoms with Gasteiger partial charge in [-0.3, -0.25) is 4.79 Å². The van der Waals surface area contributed by atoms with Crippen LogP contribution in [0.5, 0.6) is 0 Å². The van der Waals surface area contributed by atoms with Gasteiger partial charge in [0.15, 0.2) is 0 Å². The standard InChI is InChI=1S/C9H19NO2/c1-4-9(11)10-5-6-12-7-8(2)3/h8H,4-7H2,1-3H3,(H,10,11). The molecule has 0 aliphatic heterocycles. The van der Waals surface area contributed by atoms with Gasteiger partial charge in [0.1, 0.15) is 0 Å². The molecular weight excluding hydrogens is 154 g/mol. The quantitative estimate of drug-likeness (QED) is 0.613. The molecule has 0 saturated heterocycles. The first kappa shape index (κ1) is 11.4. The lowest BCUT2D eigenvalue weighted by molar-refractivity contribution is -0.121. The molecule has 72 valence electrons. The number of carbonyl (C=O) groups excluding carboxylic acids is 1. The molecule has 12 heavy (non-hydrogen) atoms. The van der Waals surface area contributed by atoms with Gasteiger partial charge in [0.2, 0.25) is 5.91 Å². The second-order valence-corrected chi connectivity index (χ2v) is 3.17. The second-order valence-electron chi connectivity index (χ2n) is 3.17. The van der Waals surface area contributed by atoms with Crippen molar-refractivity contribution in [1.29, 1.82) is 0 Å². The van der Waals surface area contributed by atoms with Gasteiger partial charge in [-0.15, -0.1) is 0 Å². The van der Waals surface area contributed by atoms with E-state index in [4.69, 9.17) is 4.74 Å². The van der Waals surface area contributed by atoms with E-state index >= 15 is 0 Å². The van der Waals surface area contributed by atoms with Crippen LogP contribution in [0.1, 0.15) is 27.2 Å². The topological polar surface area (TPSA) is 38.3 Å². The summed E-state index contributed by atoms with van der Waals surface area (Å²) in [7, 11) is 0. The Morgan fingerprint density at radius 1 is 1.50 bits per heavy atom. The third-order valence-electron chi connectivity index (χ3n) is 1.34. The molecule has 0 unspecified atom stereocenters.